The standard InChI is InChI=1S/C32H36F2N4O2/c1-20-11-28(40-2)26(25-7-9-36-29(20)25)19-38-10-8-31(12-21(13-31)17-35)16-27(38)23-3-5-24(6-4-23)30(39)37-18-22-14-32(33,34)15-22/h3-7,9,11,21-22,27,36H,8,10,12-16,18-19H2,1-2H3,(H,37,39)/t21?,27-,31?/m0/s1. The lowest BCUT2D eigenvalue weighted by Crippen LogP contribution is -2.48. The fourth-order valence-corrected chi connectivity index (χ4v) is 7.25. The Bertz CT molecular complexity index is 1440. The Morgan fingerprint density at radius 2 is 1.93 bits per heavy atom. The zero-order valence-corrected chi connectivity index (χ0v) is 23.1. The number of alkyl halides is 2. The van der Waals surface area contributed by atoms with Crippen LogP contribution in [0.5, 0.6) is 5.75 Å². The van der Waals surface area contributed by atoms with Crippen LogP contribution in [0.1, 0.15) is 71.6 Å². The molecule has 3 aromatic rings. The van der Waals surface area contributed by atoms with Crippen LogP contribution in [0.4, 0.5) is 8.78 Å². The van der Waals surface area contributed by atoms with E-state index in [1.807, 2.05) is 30.5 Å². The molecule has 0 unspecified atom stereocenters. The Balaban J connectivity index is 1.23. The maximum absolute atomic E-state index is 13.1. The Hall–Kier alpha value is -3.44. The lowest BCUT2D eigenvalue weighted by Gasteiger charge is -2.53. The molecule has 3 aliphatic rings. The molecule has 1 aliphatic heterocycles. The first-order valence-electron chi connectivity index (χ1n) is 14.2. The Morgan fingerprint density at radius 3 is 2.60 bits per heavy atom. The van der Waals surface area contributed by atoms with Crippen molar-refractivity contribution in [1.29, 1.82) is 5.26 Å². The molecule has 0 bridgehead atoms. The molecule has 8 heteroatoms. The number of ether oxygens (including phenoxy) is 1. The number of aromatic amines is 1. The first-order chi connectivity index (χ1) is 19.2. The first-order valence-corrected chi connectivity index (χ1v) is 14.2. The molecule has 1 spiro atoms. The van der Waals surface area contributed by atoms with Gasteiger partial charge in [-0.3, -0.25) is 9.69 Å². The third kappa shape index (κ3) is 4.96. The number of rotatable bonds is 7. The van der Waals surface area contributed by atoms with Crippen molar-refractivity contribution >= 4 is 16.8 Å². The fourth-order valence-electron chi connectivity index (χ4n) is 7.25. The van der Waals surface area contributed by atoms with Crippen LogP contribution in [-0.4, -0.2) is 41.9 Å². The number of nitrogens with one attached hydrogen (secondary N) is 2. The van der Waals surface area contributed by atoms with E-state index < -0.39 is 5.92 Å². The van der Waals surface area contributed by atoms with Crippen molar-refractivity contribution in [3.63, 3.8) is 0 Å². The summed E-state index contributed by atoms with van der Waals surface area (Å²) in [6.45, 7) is 4.01. The minimum Gasteiger partial charge on any atom is -0.496 e. The van der Waals surface area contributed by atoms with Crippen LogP contribution in [-0.2, 0) is 6.54 Å². The van der Waals surface area contributed by atoms with Gasteiger partial charge in [-0.15, -0.1) is 0 Å². The summed E-state index contributed by atoms with van der Waals surface area (Å²) < 4.78 is 32.1. The van der Waals surface area contributed by atoms with E-state index in [0.29, 0.717) is 5.56 Å². The molecule has 2 saturated carbocycles. The molecule has 2 N–H and O–H groups in total. The van der Waals surface area contributed by atoms with Gasteiger partial charge in [0.15, 0.2) is 0 Å². The van der Waals surface area contributed by atoms with Gasteiger partial charge in [0.25, 0.3) is 5.91 Å². The fraction of sp³-hybridized carbons (Fsp3) is 0.500. The average molecular weight is 547 g/mol. The number of fused-ring (bicyclic) bond motifs is 1. The number of amides is 1. The largest absolute Gasteiger partial charge is 0.496 e. The molecule has 1 atom stereocenters. The van der Waals surface area contributed by atoms with Gasteiger partial charge >= 0.3 is 0 Å². The molecule has 1 aromatic heterocycles. The van der Waals surface area contributed by atoms with E-state index in [4.69, 9.17) is 4.74 Å². The van der Waals surface area contributed by atoms with Crippen LogP contribution in [0, 0.1) is 35.5 Å². The van der Waals surface area contributed by atoms with Crippen molar-refractivity contribution < 1.29 is 18.3 Å². The quantitative estimate of drug-likeness (QED) is 0.354. The monoisotopic (exact) mass is 546 g/mol. The summed E-state index contributed by atoms with van der Waals surface area (Å²) in [5.41, 5.74) is 5.29. The van der Waals surface area contributed by atoms with Gasteiger partial charge in [0.1, 0.15) is 5.75 Å². The summed E-state index contributed by atoms with van der Waals surface area (Å²) >= 11 is 0. The third-order valence-electron chi connectivity index (χ3n) is 9.51. The molecular weight excluding hydrogens is 510 g/mol. The number of halogens is 2. The number of methoxy groups -OCH3 is 1. The lowest BCUT2D eigenvalue weighted by atomic mass is 9.56. The van der Waals surface area contributed by atoms with E-state index in [0.717, 1.165) is 66.7 Å². The molecular formula is C32H36F2N4O2. The second-order valence-corrected chi connectivity index (χ2v) is 12.3. The molecule has 1 saturated heterocycles. The summed E-state index contributed by atoms with van der Waals surface area (Å²) in [5.74, 6) is -1.94. The number of carbonyl (C=O) groups is 1. The number of hydrogen-bond donors (Lipinski definition) is 2. The van der Waals surface area contributed by atoms with Gasteiger partial charge < -0.3 is 15.0 Å². The number of benzene rings is 2. The SMILES string of the molecule is COc1cc(C)c2[nH]ccc2c1CN1CCC2(CC(C#N)C2)C[C@H]1c1ccc(C(=O)NCC2CC(F)(F)C2)cc1. The van der Waals surface area contributed by atoms with E-state index >= 15 is 0 Å². The molecule has 2 aromatic carbocycles. The minimum atomic E-state index is -2.58. The molecule has 3 fully saturated rings. The normalized spacial score (nSPS) is 22.4. The van der Waals surface area contributed by atoms with E-state index in [9.17, 15) is 18.8 Å². The number of aryl methyl sites for hydroxylation is 1. The Kier molecular flexibility index (Phi) is 6.82. The Morgan fingerprint density at radius 1 is 1.18 bits per heavy atom. The summed E-state index contributed by atoms with van der Waals surface area (Å²) in [4.78, 5) is 18.6. The molecule has 2 aliphatic carbocycles. The highest BCUT2D eigenvalue weighted by Gasteiger charge is 2.49. The highest BCUT2D eigenvalue weighted by atomic mass is 19.3. The molecule has 210 valence electrons. The lowest BCUT2D eigenvalue weighted by molar-refractivity contribution is -0.108. The molecule has 6 nitrogen and oxygen atoms in total. The minimum absolute atomic E-state index is 0.141. The van der Waals surface area contributed by atoms with Crippen LogP contribution in [0.15, 0.2) is 42.6 Å². The summed E-state index contributed by atoms with van der Waals surface area (Å²) in [7, 11) is 1.72. The second-order valence-electron chi connectivity index (χ2n) is 12.3. The predicted octanol–water partition coefficient (Wildman–Crippen LogP) is 6.52. The number of nitrogens with zero attached hydrogens (tertiary/aromatic N) is 2. The van der Waals surface area contributed by atoms with Crippen molar-refractivity contribution in [1.82, 2.24) is 15.2 Å². The zero-order chi connectivity index (χ0) is 28.1. The van der Waals surface area contributed by atoms with Gasteiger partial charge in [-0.25, -0.2) is 8.78 Å². The van der Waals surface area contributed by atoms with E-state index in [2.05, 4.69) is 40.3 Å². The number of aromatic nitrogens is 1. The Labute approximate surface area is 233 Å². The number of nitriles is 1. The maximum atomic E-state index is 13.1. The molecule has 1 amide bonds. The van der Waals surface area contributed by atoms with Crippen LogP contribution in [0.3, 0.4) is 0 Å². The summed E-state index contributed by atoms with van der Waals surface area (Å²) in [6.07, 6.45) is 5.59. The van der Waals surface area contributed by atoms with Crippen LogP contribution < -0.4 is 10.1 Å². The number of likely N-dealkylation sites (tertiary alicyclic amines) is 1. The van der Waals surface area contributed by atoms with Crippen LogP contribution in [0.2, 0.25) is 0 Å². The van der Waals surface area contributed by atoms with Crippen LogP contribution in [0.25, 0.3) is 10.9 Å². The van der Waals surface area contributed by atoms with Gasteiger partial charge in [0, 0.05) is 66.1 Å². The van der Waals surface area contributed by atoms with Crippen molar-refractivity contribution in [3.8, 4) is 11.8 Å². The molecule has 6 rings (SSSR count). The van der Waals surface area contributed by atoms with Crippen molar-refractivity contribution in [2.24, 2.45) is 17.3 Å². The number of carbonyl (C=O) groups excluding carboxylic acids is 1. The van der Waals surface area contributed by atoms with E-state index in [-0.39, 0.29) is 48.6 Å². The van der Waals surface area contributed by atoms with Gasteiger partial charge in [-0.05, 0) is 85.9 Å². The zero-order valence-electron chi connectivity index (χ0n) is 23.1. The summed E-state index contributed by atoms with van der Waals surface area (Å²) in [5, 5.41) is 13.4. The first kappa shape index (κ1) is 26.8. The number of hydrogen-bond acceptors (Lipinski definition) is 4. The number of H-pyrrole nitrogens is 1. The van der Waals surface area contributed by atoms with Gasteiger partial charge in [0.05, 0.1) is 13.2 Å². The van der Waals surface area contributed by atoms with Gasteiger partial charge in [-0.2, -0.15) is 5.26 Å². The van der Waals surface area contributed by atoms with Crippen molar-refractivity contribution in [2.75, 3.05) is 20.2 Å². The highest BCUT2D eigenvalue weighted by Crippen LogP contribution is 2.57. The predicted molar refractivity (Wildman–Crippen MR) is 149 cm³/mol. The van der Waals surface area contributed by atoms with Crippen molar-refractivity contribution in [2.45, 2.75) is 64.0 Å². The highest BCUT2D eigenvalue weighted by molar-refractivity contribution is 5.94. The molecule has 40 heavy (non-hydrogen) atoms. The topological polar surface area (TPSA) is 81.2 Å². The maximum Gasteiger partial charge on any atom is 0.251 e. The third-order valence-corrected chi connectivity index (χ3v) is 9.51. The molecule has 2 heterocycles. The smallest absolute Gasteiger partial charge is 0.251 e. The number of piperidine rings is 1. The average Bonchev–Trinajstić information content (AvgIpc) is 3.42. The summed E-state index contributed by atoms with van der Waals surface area (Å²) in [6, 6.07) is 14.5. The van der Waals surface area contributed by atoms with Crippen molar-refractivity contribution in [3.05, 3.63) is 64.8 Å². The van der Waals surface area contributed by atoms with Crippen LogP contribution >= 0.6 is 0 Å². The van der Waals surface area contributed by atoms with E-state index in [1.165, 1.54) is 5.39 Å². The van der Waals surface area contributed by atoms with Gasteiger partial charge in [0.2, 0.25) is 5.92 Å². The molecule has 0 radical (unpaired) electrons. The van der Waals surface area contributed by atoms with Gasteiger partial charge in [-0.1, -0.05) is 12.1 Å². The van der Waals surface area contributed by atoms with E-state index in [1.54, 1.807) is 7.11 Å². The second kappa shape index (κ2) is 10.2.